The average molecular weight is 617 g/mol. The highest BCUT2D eigenvalue weighted by Gasteiger charge is 2.24. The quantitative estimate of drug-likeness (QED) is 0.182. The van der Waals surface area contributed by atoms with Crippen LogP contribution in [0.15, 0.2) is 78.2 Å². The summed E-state index contributed by atoms with van der Waals surface area (Å²) < 4.78 is 10.6. The molecular weight excluding hydrogens is 576 g/mol. The predicted octanol–water partition coefficient (Wildman–Crippen LogP) is 4.37. The summed E-state index contributed by atoms with van der Waals surface area (Å²) in [5, 5.41) is 20.4. The number of nitrogens with one attached hydrogen (secondary N) is 2. The number of amides is 2. The van der Waals surface area contributed by atoms with Gasteiger partial charge in [-0.1, -0.05) is 42.5 Å². The second-order valence-electron chi connectivity index (χ2n) is 10.7. The summed E-state index contributed by atoms with van der Waals surface area (Å²) in [6, 6.07) is 21.9. The van der Waals surface area contributed by atoms with Crippen molar-refractivity contribution in [3.05, 3.63) is 117 Å². The second-order valence-corrected chi connectivity index (χ2v) is 11.7. The number of nitrogens with zero attached hydrogens (tertiary/aromatic N) is 2. The van der Waals surface area contributed by atoms with E-state index in [1.807, 2.05) is 66.9 Å². The topological polar surface area (TPSA) is 113 Å². The Bertz CT molecular complexity index is 1530. The maximum atomic E-state index is 13.7. The first kappa shape index (κ1) is 32.8. The fraction of sp³-hybridized carbons (Fsp3) is 0.324. The van der Waals surface area contributed by atoms with Crippen LogP contribution in [0.25, 0.3) is 0 Å². The second kappa shape index (κ2) is 16.1. The molecule has 0 aliphatic heterocycles. The standard InChI is InChI=1S/C34H40N4O5S/c1-23-22-44-32(36-23)20-38(2)34(41)28-14-26(21-42-3)13-27(17-28)33(40)37-30(16-24-9-6-5-7-10-24)31(39)19-35-18-25-11-8-12-29(15-25)43-4/h5-15,17,22,30-31,35,39H,16,18-21H2,1-4H3,(H,37,40)/t30-,31+/m0/s1. The summed E-state index contributed by atoms with van der Waals surface area (Å²) in [5.41, 5.74) is 4.29. The van der Waals surface area contributed by atoms with E-state index >= 15 is 0 Å². The smallest absolute Gasteiger partial charge is 0.254 e. The molecule has 3 N–H and O–H groups in total. The Balaban J connectivity index is 1.50. The van der Waals surface area contributed by atoms with Crippen LogP contribution in [-0.4, -0.2) is 66.8 Å². The van der Waals surface area contributed by atoms with Crippen LogP contribution >= 0.6 is 11.3 Å². The Morgan fingerprint density at radius 1 is 0.977 bits per heavy atom. The van der Waals surface area contributed by atoms with Gasteiger partial charge in [0, 0.05) is 49.4 Å². The van der Waals surface area contributed by atoms with Gasteiger partial charge >= 0.3 is 0 Å². The van der Waals surface area contributed by atoms with Crippen LogP contribution in [-0.2, 0) is 30.9 Å². The summed E-state index contributed by atoms with van der Waals surface area (Å²) in [7, 11) is 4.90. The highest BCUT2D eigenvalue weighted by atomic mass is 32.1. The van der Waals surface area contributed by atoms with Gasteiger partial charge in [0.1, 0.15) is 10.8 Å². The molecule has 0 saturated carbocycles. The first-order valence-electron chi connectivity index (χ1n) is 14.4. The Morgan fingerprint density at radius 3 is 2.43 bits per heavy atom. The fourth-order valence-corrected chi connectivity index (χ4v) is 5.68. The van der Waals surface area contributed by atoms with E-state index in [0.717, 1.165) is 27.6 Å². The number of benzene rings is 3. The lowest BCUT2D eigenvalue weighted by molar-refractivity contribution is 0.0784. The van der Waals surface area contributed by atoms with Gasteiger partial charge in [0.25, 0.3) is 11.8 Å². The summed E-state index contributed by atoms with van der Waals surface area (Å²) in [4.78, 5) is 33.1. The maximum Gasteiger partial charge on any atom is 0.254 e. The number of thiazole rings is 1. The lowest BCUT2D eigenvalue weighted by atomic mass is 9.99. The number of hydrogen-bond acceptors (Lipinski definition) is 8. The summed E-state index contributed by atoms with van der Waals surface area (Å²) in [5.74, 6) is 0.146. The van der Waals surface area contributed by atoms with Gasteiger partial charge in [0.2, 0.25) is 0 Å². The molecule has 0 fully saturated rings. The van der Waals surface area contributed by atoms with E-state index in [4.69, 9.17) is 9.47 Å². The molecule has 10 heteroatoms. The van der Waals surface area contributed by atoms with E-state index in [1.165, 1.54) is 11.3 Å². The van der Waals surface area contributed by atoms with Crippen molar-refractivity contribution >= 4 is 23.2 Å². The van der Waals surface area contributed by atoms with Gasteiger partial charge in [0.15, 0.2) is 0 Å². The Hall–Kier alpha value is -4.09. The number of aryl methyl sites for hydroxylation is 1. The van der Waals surface area contributed by atoms with Crippen molar-refractivity contribution in [2.45, 2.75) is 45.2 Å². The van der Waals surface area contributed by atoms with Crippen molar-refractivity contribution in [2.75, 3.05) is 27.8 Å². The van der Waals surface area contributed by atoms with Crippen molar-refractivity contribution < 1.29 is 24.2 Å². The van der Waals surface area contributed by atoms with E-state index in [9.17, 15) is 14.7 Å². The van der Waals surface area contributed by atoms with E-state index in [1.54, 1.807) is 44.4 Å². The molecule has 4 rings (SSSR count). The molecule has 0 spiro atoms. The fourth-order valence-electron chi connectivity index (χ4n) is 4.86. The zero-order valence-corrected chi connectivity index (χ0v) is 26.4. The number of carbonyl (C=O) groups is 2. The molecule has 0 aliphatic rings. The highest BCUT2D eigenvalue weighted by Crippen LogP contribution is 2.18. The van der Waals surface area contributed by atoms with Crippen LogP contribution in [0, 0.1) is 6.92 Å². The third-order valence-corrected chi connectivity index (χ3v) is 8.05. The lowest BCUT2D eigenvalue weighted by Gasteiger charge is -2.25. The number of ether oxygens (including phenoxy) is 2. The van der Waals surface area contributed by atoms with Gasteiger partial charge in [0.05, 0.1) is 32.4 Å². The zero-order chi connectivity index (χ0) is 31.5. The summed E-state index contributed by atoms with van der Waals surface area (Å²) in [6.45, 7) is 3.30. The number of methoxy groups -OCH3 is 2. The van der Waals surface area contributed by atoms with Crippen LogP contribution in [0.5, 0.6) is 5.75 Å². The molecule has 0 radical (unpaired) electrons. The molecule has 4 aromatic rings. The molecule has 0 saturated heterocycles. The zero-order valence-electron chi connectivity index (χ0n) is 25.6. The van der Waals surface area contributed by atoms with E-state index in [2.05, 4.69) is 15.6 Å². The van der Waals surface area contributed by atoms with Gasteiger partial charge in [-0.05, 0) is 60.4 Å². The third-order valence-electron chi connectivity index (χ3n) is 7.09. The Kier molecular flexibility index (Phi) is 12.0. The van der Waals surface area contributed by atoms with Gasteiger partial charge in [-0.2, -0.15) is 0 Å². The van der Waals surface area contributed by atoms with Gasteiger partial charge < -0.3 is 30.1 Å². The lowest BCUT2D eigenvalue weighted by Crippen LogP contribution is -2.48. The molecule has 232 valence electrons. The van der Waals surface area contributed by atoms with Crippen molar-refractivity contribution in [3.63, 3.8) is 0 Å². The maximum absolute atomic E-state index is 13.7. The minimum Gasteiger partial charge on any atom is -0.497 e. The first-order chi connectivity index (χ1) is 21.2. The SMILES string of the molecule is COCc1cc(C(=O)N[C@@H](Cc2ccccc2)[C@H](O)CNCc2cccc(OC)c2)cc(C(=O)N(C)Cc2nc(C)cs2)c1. The van der Waals surface area contributed by atoms with E-state index < -0.39 is 12.1 Å². The van der Waals surface area contributed by atoms with Crippen LogP contribution in [0.1, 0.15) is 48.1 Å². The molecule has 1 aromatic heterocycles. The number of carbonyl (C=O) groups excluding carboxylic acids is 2. The van der Waals surface area contributed by atoms with Crippen LogP contribution in [0.3, 0.4) is 0 Å². The number of aliphatic hydroxyl groups excluding tert-OH is 1. The largest absolute Gasteiger partial charge is 0.497 e. The molecular formula is C34H40N4O5S. The molecule has 2 atom stereocenters. The van der Waals surface area contributed by atoms with E-state index in [0.29, 0.717) is 36.2 Å². The van der Waals surface area contributed by atoms with Crippen molar-refractivity contribution in [1.82, 2.24) is 20.5 Å². The number of hydrogen-bond donors (Lipinski definition) is 3. The molecule has 44 heavy (non-hydrogen) atoms. The van der Waals surface area contributed by atoms with Crippen molar-refractivity contribution in [1.29, 1.82) is 0 Å². The first-order valence-corrected chi connectivity index (χ1v) is 15.3. The molecule has 9 nitrogen and oxygen atoms in total. The molecule has 3 aromatic carbocycles. The van der Waals surface area contributed by atoms with Crippen LogP contribution in [0.4, 0.5) is 0 Å². The summed E-state index contributed by atoms with van der Waals surface area (Å²) >= 11 is 1.50. The number of aromatic nitrogens is 1. The summed E-state index contributed by atoms with van der Waals surface area (Å²) in [6.07, 6.45) is -0.463. The normalized spacial score (nSPS) is 12.4. The average Bonchev–Trinajstić information content (AvgIpc) is 3.44. The highest BCUT2D eigenvalue weighted by molar-refractivity contribution is 7.09. The molecule has 0 unspecified atom stereocenters. The monoisotopic (exact) mass is 616 g/mol. The molecule has 1 heterocycles. The minimum absolute atomic E-state index is 0.229. The Morgan fingerprint density at radius 2 is 1.73 bits per heavy atom. The van der Waals surface area contributed by atoms with Gasteiger partial charge in [-0.25, -0.2) is 4.98 Å². The predicted molar refractivity (Wildman–Crippen MR) is 172 cm³/mol. The van der Waals surface area contributed by atoms with Gasteiger partial charge in [-0.3, -0.25) is 9.59 Å². The van der Waals surface area contributed by atoms with Gasteiger partial charge in [-0.15, -0.1) is 11.3 Å². The number of rotatable bonds is 15. The Labute approximate surface area is 262 Å². The molecule has 0 aliphatic carbocycles. The van der Waals surface area contributed by atoms with E-state index in [-0.39, 0.29) is 25.0 Å². The van der Waals surface area contributed by atoms with Crippen LogP contribution in [0.2, 0.25) is 0 Å². The molecule has 0 bridgehead atoms. The number of aliphatic hydroxyl groups is 1. The van der Waals surface area contributed by atoms with Crippen LogP contribution < -0.4 is 15.4 Å². The van der Waals surface area contributed by atoms with Crippen molar-refractivity contribution in [3.8, 4) is 5.75 Å². The van der Waals surface area contributed by atoms with Crippen molar-refractivity contribution in [2.24, 2.45) is 0 Å². The molecule has 2 amide bonds. The minimum atomic E-state index is -0.888. The third kappa shape index (κ3) is 9.45.